The highest BCUT2D eigenvalue weighted by molar-refractivity contribution is 6.08. The first kappa shape index (κ1) is 30.3. The third kappa shape index (κ3) is 7.29. The van der Waals surface area contributed by atoms with E-state index < -0.39 is 0 Å². The summed E-state index contributed by atoms with van der Waals surface area (Å²) < 4.78 is 1.78. The highest BCUT2D eigenvalue weighted by atomic mass is 16.2. The number of likely N-dealkylation sites (tertiary alicyclic amines) is 1. The van der Waals surface area contributed by atoms with Gasteiger partial charge in [-0.2, -0.15) is 0 Å². The minimum Gasteiger partial charge on any atom is -0.352 e. The van der Waals surface area contributed by atoms with Crippen molar-refractivity contribution >= 4 is 16.7 Å². The zero-order valence-electron chi connectivity index (χ0n) is 25.8. The van der Waals surface area contributed by atoms with E-state index in [0.717, 1.165) is 68.9 Å². The Balaban J connectivity index is 1.24. The molecule has 0 radical (unpaired) electrons. The molecule has 4 aromatic rings. The number of amides is 1. The first-order valence-corrected chi connectivity index (χ1v) is 16.4. The van der Waals surface area contributed by atoms with Gasteiger partial charge in [0.1, 0.15) is 0 Å². The number of piperidine rings is 1. The summed E-state index contributed by atoms with van der Waals surface area (Å²) in [5.74, 6) is -0.117. The lowest BCUT2D eigenvalue weighted by Crippen LogP contribution is -2.49. The third-order valence-corrected chi connectivity index (χ3v) is 9.22. The average molecular weight is 592 g/mol. The van der Waals surface area contributed by atoms with Gasteiger partial charge < -0.3 is 10.2 Å². The number of hydrogen-bond donors (Lipinski definition) is 1. The van der Waals surface area contributed by atoms with Crippen LogP contribution in [0.25, 0.3) is 16.5 Å². The molecule has 3 heterocycles. The van der Waals surface area contributed by atoms with E-state index in [0.29, 0.717) is 24.0 Å². The molecule has 0 spiro atoms. The van der Waals surface area contributed by atoms with Gasteiger partial charge in [0.25, 0.3) is 11.5 Å². The molecule has 0 bridgehead atoms. The molecule has 1 aromatic heterocycles. The first-order chi connectivity index (χ1) is 21.7. The second kappa shape index (κ2) is 14.8. The molecule has 1 amide bonds. The van der Waals surface area contributed by atoms with Crippen molar-refractivity contribution in [2.75, 3.05) is 58.9 Å². The van der Waals surface area contributed by atoms with Crippen LogP contribution in [-0.4, -0.2) is 84.1 Å². The van der Waals surface area contributed by atoms with E-state index in [4.69, 9.17) is 0 Å². The number of piperazine rings is 1. The Morgan fingerprint density at radius 3 is 1.95 bits per heavy atom. The van der Waals surface area contributed by atoms with Gasteiger partial charge in [0.2, 0.25) is 0 Å². The molecule has 0 saturated carbocycles. The minimum absolute atomic E-state index is 0.0809. The fraction of sp³-hybridized carbons (Fsp3) is 0.405. The number of carbonyl (C=O) groups is 1. The zero-order valence-corrected chi connectivity index (χ0v) is 25.8. The smallest absolute Gasteiger partial charge is 0.263 e. The number of fused-ring (bicyclic) bond motifs is 1. The fourth-order valence-electron chi connectivity index (χ4n) is 6.73. The molecule has 7 heteroatoms. The van der Waals surface area contributed by atoms with Gasteiger partial charge in [-0.15, -0.1) is 0 Å². The van der Waals surface area contributed by atoms with Gasteiger partial charge in [-0.25, -0.2) is 0 Å². The molecule has 1 N–H and O–H groups in total. The second-order valence-electron chi connectivity index (χ2n) is 12.2. The van der Waals surface area contributed by atoms with Crippen molar-refractivity contribution in [2.24, 2.45) is 0 Å². The molecular weight excluding hydrogens is 546 g/mol. The Labute approximate surface area is 261 Å². The lowest BCUT2D eigenvalue weighted by atomic mass is 10.0. The summed E-state index contributed by atoms with van der Waals surface area (Å²) in [5, 5.41) is 4.50. The standard InChI is InChI=1S/C37H45N5O2/c43-36(38-20-12-15-30-13-4-1-5-14-30)35-32-18-8-9-19-33(32)37(44)42(31-16-6-2-7-17-31)34(35)29-41-27-25-40(26-28-41)24-23-39-21-10-3-11-22-39/h1-2,4-9,13-14,16-19H,3,10-12,15,20-29H2,(H,38,43). The molecule has 0 unspecified atom stereocenters. The largest absolute Gasteiger partial charge is 0.352 e. The van der Waals surface area contributed by atoms with Gasteiger partial charge in [0, 0.05) is 68.8 Å². The normalized spacial score (nSPS) is 16.7. The summed E-state index contributed by atoms with van der Waals surface area (Å²) in [6.45, 7) is 9.65. The fourth-order valence-corrected chi connectivity index (χ4v) is 6.73. The number of para-hydroxylation sites is 1. The number of rotatable bonds is 11. The summed E-state index contributed by atoms with van der Waals surface area (Å²) in [6, 6.07) is 27.7. The quantitative estimate of drug-likeness (QED) is 0.250. The van der Waals surface area contributed by atoms with Crippen LogP contribution < -0.4 is 10.9 Å². The van der Waals surface area contributed by atoms with Crippen LogP contribution in [0.5, 0.6) is 0 Å². The Bertz CT molecular complexity index is 1570. The predicted molar refractivity (Wildman–Crippen MR) is 179 cm³/mol. The number of carbonyl (C=O) groups excluding carboxylic acids is 1. The molecule has 6 rings (SSSR count). The van der Waals surface area contributed by atoms with Crippen molar-refractivity contribution in [3.05, 3.63) is 112 Å². The number of pyridine rings is 1. The molecule has 7 nitrogen and oxygen atoms in total. The average Bonchev–Trinajstić information content (AvgIpc) is 3.08. The van der Waals surface area contributed by atoms with Crippen molar-refractivity contribution in [2.45, 2.75) is 38.6 Å². The zero-order chi connectivity index (χ0) is 30.1. The van der Waals surface area contributed by atoms with Crippen LogP contribution in [0.1, 0.15) is 47.3 Å². The Kier molecular flexibility index (Phi) is 10.2. The van der Waals surface area contributed by atoms with E-state index >= 15 is 0 Å². The van der Waals surface area contributed by atoms with Crippen LogP contribution in [0.4, 0.5) is 0 Å². The molecule has 3 aromatic carbocycles. The SMILES string of the molecule is O=C(NCCCc1ccccc1)c1c(CN2CCN(CCN3CCCCC3)CC2)n(-c2ccccc2)c(=O)c2ccccc12. The molecule has 2 fully saturated rings. The number of aromatic nitrogens is 1. The highest BCUT2D eigenvalue weighted by Gasteiger charge is 2.26. The van der Waals surface area contributed by atoms with E-state index in [1.165, 1.54) is 37.9 Å². The Morgan fingerprint density at radius 2 is 1.25 bits per heavy atom. The van der Waals surface area contributed by atoms with Gasteiger partial charge >= 0.3 is 0 Å². The Morgan fingerprint density at radius 1 is 0.659 bits per heavy atom. The van der Waals surface area contributed by atoms with Crippen LogP contribution in [-0.2, 0) is 13.0 Å². The van der Waals surface area contributed by atoms with E-state index in [1.807, 2.05) is 72.8 Å². The molecule has 44 heavy (non-hydrogen) atoms. The summed E-state index contributed by atoms with van der Waals surface area (Å²) in [6.07, 6.45) is 5.77. The van der Waals surface area contributed by atoms with E-state index in [1.54, 1.807) is 4.57 Å². The Hall–Kier alpha value is -3.78. The molecule has 0 aliphatic carbocycles. The van der Waals surface area contributed by atoms with Gasteiger partial charge in [-0.3, -0.25) is 24.0 Å². The summed E-state index contributed by atoms with van der Waals surface area (Å²) >= 11 is 0. The van der Waals surface area contributed by atoms with Crippen molar-refractivity contribution < 1.29 is 4.79 Å². The molecule has 2 saturated heterocycles. The maximum absolute atomic E-state index is 14.1. The van der Waals surface area contributed by atoms with E-state index in [9.17, 15) is 9.59 Å². The molecule has 2 aliphatic rings. The minimum atomic E-state index is -0.117. The first-order valence-electron chi connectivity index (χ1n) is 16.4. The molecule has 0 atom stereocenters. The van der Waals surface area contributed by atoms with Gasteiger partial charge in [-0.05, 0) is 62.5 Å². The topological polar surface area (TPSA) is 60.8 Å². The van der Waals surface area contributed by atoms with E-state index in [-0.39, 0.29) is 11.5 Å². The number of benzene rings is 3. The highest BCUT2D eigenvalue weighted by Crippen LogP contribution is 2.25. The van der Waals surface area contributed by atoms with Gasteiger partial charge in [0.15, 0.2) is 0 Å². The molecular formula is C37H45N5O2. The summed E-state index contributed by atoms with van der Waals surface area (Å²) in [7, 11) is 0. The summed E-state index contributed by atoms with van der Waals surface area (Å²) in [5.41, 5.74) is 3.35. The van der Waals surface area contributed by atoms with Crippen LogP contribution in [0, 0.1) is 0 Å². The van der Waals surface area contributed by atoms with Crippen molar-refractivity contribution in [1.29, 1.82) is 0 Å². The van der Waals surface area contributed by atoms with Gasteiger partial charge in [-0.1, -0.05) is 73.2 Å². The summed E-state index contributed by atoms with van der Waals surface area (Å²) in [4.78, 5) is 35.7. The van der Waals surface area contributed by atoms with Crippen LogP contribution in [0.2, 0.25) is 0 Å². The number of aryl methyl sites for hydroxylation is 1. The number of nitrogens with zero attached hydrogens (tertiary/aromatic N) is 4. The maximum Gasteiger partial charge on any atom is 0.263 e. The third-order valence-electron chi connectivity index (χ3n) is 9.22. The van der Waals surface area contributed by atoms with Crippen molar-refractivity contribution in [1.82, 2.24) is 24.6 Å². The monoisotopic (exact) mass is 591 g/mol. The van der Waals surface area contributed by atoms with Gasteiger partial charge in [0.05, 0.1) is 11.3 Å². The second-order valence-corrected chi connectivity index (χ2v) is 12.2. The van der Waals surface area contributed by atoms with Crippen molar-refractivity contribution in [3.8, 4) is 5.69 Å². The van der Waals surface area contributed by atoms with Crippen molar-refractivity contribution in [3.63, 3.8) is 0 Å². The molecule has 2 aliphatic heterocycles. The maximum atomic E-state index is 14.1. The molecule has 230 valence electrons. The van der Waals surface area contributed by atoms with Crippen LogP contribution >= 0.6 is 0 Å². The van der Waals surface area contributed by atoms with Crippen LogP contribution in [0.15, 0.2) is 89.7 Å². The van der Waals surface area contributed by atoms with Crippen LogP contribution in [0.3, 0.4) is 0 Å². The number of nitrogens with one attached hydrogen (secondary N) is 1. The predicted octanol–water partition coefficient (Wildman–Crippen LogP) is 4.96. The van der Waals surface area contributed by atoms with E-state index in [2.05, 4.69) is 32.1 Å². The lowest BCUT2D eigenvalue weighted by Gasteiger charge is -2.37. The number of hydrogen-bond acceptors (Lipinski definition) is 5. The lowest BCUT2D eigenvalue weighted by molar-refractivity contribution is 0.0944.